The van der Waals surface area contributed by atoms with Crippen LogP contribution >= 0.6 is 0 Å². The summed E-state index contributed by atoms with van der Waals surface area (Å²) in [6, 6.07) is 4.56. The molecule has 0 unspecified atom stereocenters. The van der Waals surface area contributed by atoms with E-state index in [-0.39, 0.29) is 36.4 Å². The Labute approximate surface area is 139 Å². The van der Waals surface area contributed by atoms with Crippen LogP contribution in [0.3, 0.4) is 0 Å². The van der Waals surface area contributed by atoms with Gasteiger partial charge < -0.3 is 4.74 Å². The quantitative estimate of drug-likeness (QED) is 0.872. The second-order valence-electron chi connectivity index (χ2n) is 5.94. The average Bonchev–Trinajstić information content (AvgIpc) is 3.18. The molecule has 7 nitrogen and oxygen atoms in total. The number of rotatable bonds is 5. The van der Waals surface area contributed by atoms with Crippen LogP contribution in [0.2, 0.25) is 0 Å². The number of methoxy groups -OCH3 is 1. The van der Waals surface area contributed by atoms with Crippen molar-refractivity contribution in [1.29, 1.82) is 0 Å². The molecule has 0 radical (unpaired) electrons. The van der Waals surface area contributed by atoms with Crippen LogP contribution in [0, 0.1) is 12.7 Å². The minimum atomic E-state index is -3.66. The molecule has 130 valence electrons. The fourth-order valence-electron chi connectivity index (χ4n) is 2.94. The number of hydrogen-bond donors (Lipinski definition) is 1. The second kappa shape index (κ2) is 6.58. The van der Waals surface area contributed by atoms with Crippen molar-refractivity contribution < 1.29 is 17.5 Å². The Morgan fingerprint density at radius 2 is 2.21 bits per heavy atom. The first-order chi connectivity index (χ1) is 11.4. The summed E-state index contributed by atoms with van der Waals surface area (Å²) in [5, 5.41) is 10.3. The molecule has 0 amide bonds. The van der Waals surface area contributed by atoms with Gasteiger partial charge in [-0.3, -0.25) is 0 Å². The van der Waals surface area contributed by atoms with Gasteiger partial charge in [0.2, 0.25) is 10.0 Å². The molecule has 0 spiro atoms. The number of ether oxygens (including phenoxy) is 1. The number of halogens is 1. The van der Waals surface area contributed by atoms with Gasteiger partial charge in [0.05, 0.1) is 23.7 Å². The van der Waals surface area contributed by atoms with Gasteiger partial charge in [0.1, 0.15) is 5.82 Å². The Morgan fingerprint density at radius 3 is 2.83 bits per heavy atom. The van der Waals surface area contributed by atoms with Crippen LogP contribution in [0.4, 0.5) is 4.39 Å². The van der Waals surface area contributed by atoms with Gasteiger partial charge in [-0.2, -0.15) is 19.7 Å². The van der Waals surface area contributed by atoms with Crippen molar-refractivity contribution >= 4 is 10.0 Å². The summed E-state index contributed by atoms with van der Waals surface area (Å²) in [6.07, 6.45) is 1.25. The predicted molar refractivity (Wildman–Crippen MR) is 85.3 cm³/mol. The molecule has 0 aliphatic carbocycles. The van der Waals surface area contributed by atoms with Crippen molar-refractivity contribution in [2.75, 3.05) is 20.2 Å². The minimum absolute atomic E-state index is 0.166. The van der Waals surface area contributed by atoms with Crippen molar-refractivity contribution in [3.05, 3.63) is 47.0 Å². The summed E-state index contributed by atoms with van der Waals surface area (Å²) in [7, 11) is -2.13. The van der Waals surface area contributed by atoms with Crippen LogP contribution in [0.5, 0.6) is 0 Å². The van der Waals surface area contributed by atoms with Crippen molar-refractivity contribution in [2.45, 2.75) is 24.7 Å². The molecular weight excluding hydrogens is 335 g/mol. The maximum atomic E-state index is 14.0. The summed E-state index contributed by atoms with van der Waals surface area (Å²) in [4.78, 5) is 0. The first kappa shape index (κ1) is 17.0. The summed E-state index contributed by atoms with van der Waals surface area (Å²) in [6.45, 7) is 2.21. The van der Waals surface area contributed by atoms with Gasteiger partial charge in [-0.1, -0.05) is 12.1 Å². The number of nitrogens with one attached hydrogen (secondary N) is 1. The van der Waals surface area contributed by atoms with Crippen molar-refractivity contribution in [2.24, 2.45) is 0 Å². The Bertz CT molecular complexity index is 810. The zero-order valence-corrected chi connectivity index (χ0v) is 14.3. The molecular formula is C15H19FN4O3S. The molecule has 24 heavy (non-hydrogen) atoms. The van der Waals surface area contributed by atoms with E-state index in [1.54, 1.807) is 19.2 Å². The molecule has 2 atom stereocenters. The third-order valence-corrected chi connectivity index (χ3v) is 6.05. The number of nitrogens with zero attached hydrogens (tertiary/aromatic N) is 3. The largest absolute Gasteiger partial charge is 0.379 e. The smallest absolute Gasteiger partial charge is 0.218 e. The maximum absolute atomic E-state index is 14.0. The standard InChI is InChI=1S/C15H19FN4O3S/c1-10-3-4-11(13(16)5-10)9-24(21,22)20-7-12(15(8-20)23-2)14-6-17-19-18-14/h3-6,12,15H,7-9H2,1-2H3,(H,17,18,19)/t12-,15+/m0/s1. The monoisotopic (exact) mass is 354 g/mol. The third-order valence-electron chi connectivity index (χ3n) is 4.29. The summed E-state index contributed by atoms with van der Waals surface area (Å²) < 4.78 is 46.1. The topological polar surface area (TPSA) is 88.2 Å². The Balaban J connectivity index is 1.80. The van der Waals surface area contributed by atoms with Crippen LogP contribution in [-0.4, -0.2) is 54.4 Å². The van der Waals surface area contributed by atoms with Crippen LogP contribution in [0.25, 0.3) is 0 Å². The van der Waals surface area contributed by atoms with Gasteiger partial charge in [0.15, 0.2) is 0 Å². The van der Waals surface area contributed by atoms with Crippen LogP contribution < -0.4 is 0 Å². The SMILES string of the molecule is CO[C@@H]1CN(S(=O)(=O)Cc2ccc(C)cc2F)C[C@H]1c1cn[nH]n1. The Morgan fingerprint density at radius 1 is 1.42 bits per heavy atom. The number of benzene rings is 1. The van der Waals surface area contributed by atoms with Gasteiger partial charge in [0, 0.05) is 31.7 Å². The Kier molecular flexibility index (Phi) is 4.66. The lowest BCUT2D eigenvalue weighted by Crippen LogP contribution is -2.31. The first-order valence-corrected chi connectivity index (χ1v) is 9.13. The van der Waals surface area contributed by atoms with Crippen molar-refractivity contribution in [1.82, 2.24) is 19.7 Å². The summed E-state index contributed by atoms with van der Waals surface area (Å²) in [5.41, 5.74) is 1.57. The molecule has 2 aromatic rings. The number of aromatic nitrogens is 3. The maximum Gasteiger partial charge on any atom is 0.218 e. The zero-order valence-electron chi connectivity index (χ0n) is 13.4. The lowest BCUT2D eigenvalue weighted by molar-refractivity contribution is 0.101. The third kappa shape index (κ3) is 3.33. The molecule has 1 fully saturated rings. The van der Waals surface area contributed by atoms with Crippen LogP contribution in [-0.2, 0) is 20.5 Å². The van der Waals surface area contributed by atoms with Gasteiger partial charge >= 0.3 is 0 Å². The molecule has 1 aliphatic heterocycles. The summed E-state index contributed by atoms with van der Waals surface area (Å²) in [5.74, 6) is -1.08. The molecule has 2 heterocycles. The fourth-order valence-corrected chi connectivity index (χ4v) is 4.51. The van der Waals surface area contributed by atoms with E-state index in [0.717, 1.165) is 5.56 Å². The number of sulfonamides is 1. The van der Waals surface area contributed by atoms with E-state index in [0.29, 0.717) is 5.69 Å². The molecule has 1 N–H and O–H groups in total. The Hall–Kier alpha value is -1.84. The van der Waals surface area contributed by atoms with E-state index in [1.165, 1.54) is 23.5 Å². The van der Waals surface area contributed by atoms with Crippen molar-refractivity contribution in [3.8, 4) is 0 Å². The van der Waals surface area contributed by atoms with Crippen molar-refractivity contribution in [3.63, 3.8) is 0 Å². The number of hydrogen-bond acceptors (Lipinski definition) is 5. The molecule has 3 rings (SSSR count). The van der Waals surface area contributed by atoms with Gasteiger partial charge in [-0.15, -0.1) is 0 Å². The lowest BCUT2D eigenvalue weighted by Gasteiger charge is -2.16. The zero-order chi connectivity index (χ0) is 17.3. The van der Waals surface area contributed by atoms with Crippen LogP contribution in [0.1, 0.15) is 22.7 Å². The molecule has 0 bridgehead atoms. The second-order valence-corrected chi connectivity index (χ2v) is 7.91. The van der Waals surface area contributed by atoms with Gasteiger partial charge in [-0.25, -0.2) is 12.8 Å². The molecule has 0 saturated carbocycles. The van der Waals surface area contributed by atoms with E-state index in [9.17, 15) is 12.8 Å². The highest BCUT2D eigenvalue weighted by Gasteiger charge is 2.41. The summed E-state index contributed by atoms with van der Waals surface area (Å²) >= 11 is 0. The van der Waals surface area contributed by atoms with E-state index in [1.807, 2.05) is 0 Å². The van der Waals surface area contributed by atoms with E-state index in [2.05, 4.69) is 15.4 Å². The molecule has 1 aromatic heterocycles. The number of aryl methyl sites for hydroxylation is 1. The van der Waals surface area contributed by atoms with E-state index >= 15 is 0 Å². The molecule has 9 heteroatoms. The average molecular weight is 354 g/mol. The van der Waals surface area contributed by atoms with Gasteiger partial charge in [0.25, 0.3) is 0 Å². The highest BCUT2D eigenvalue weighted by atomic mass is 32.2. The van der Waals surface area contributed by atoms with E-state index in [4.69, 9.17) is 4.74 Å². The first-order valence-electron chi connectivity index (χ1n) is 7.52. The van der Waals surface area contributed by atoms with Crippen LogP contribution in [0.15, 0.2) is 24.4 Å². The molecule has 1 saturated heterocycles. The number of aromatic amines is 1. The lowest BCUT2D eigenvalue weighted by atomic mass is 10.0. The highest BCUT2D eigenvalue weighted by molar-refractivity contribution is 7.88. The number of H-pyrrole nitrogens is 1. The molecule has 1 aliphatic rings. The fraction of sp³-hybridized carbons (Fsp3) is 0.467. The highest BCUT2D eigenvalue weighted by Crippen LogP contribution is 2.30. The van der Waals surface area contributed by atoms with E-state index < -0.39 is 15.8 Å². The molecule has 1 aromatic carbocycles. The minimum Gasteiger partial charge on any atom is -0.379 e. The van der Waals surface area contributed by atoms with Gasteiger partial charge in [-0.05, 0) is 18.6 Å². The predicted octanol–water partition coefficient (Wildman–Crippen LogP) is 1.20. The normalized spacial score (nSPS) is 22.1.